The van der Waals surface area contributed by atoms with Gasteiger partial charge in [0.05, 0.1) is 16.0 Å². The molecule has 0 amide bonds. The second-order valence-corrected chi connectivity index (χ2v) is 7.36. The molecular weight excluding hydrogens is 381 g/mol. The van der Waals surface area contributed by atoms with E-state index >= 15 is 0 Å². The van der Waals surface area contributed by atoms with Crippen molar-refractivity contribution in [1.29, 1.82) is 0 Å². The molecule has 4 rings (SSSR count). The highest BCUT2D eigenvalue weighted by molar-refractivity contribution is 6.30. The molecule has 0 saturated heterocycles. The molecule has 0 fully saturated rings. The minimum atomic E-state index is -0.439. The number of nitro groups is 1. The molecule has 1 atom stereocenters. The van der Waals surface area contributed by atoms with Crippen LogP contribution in [0.2, 0.25) is 5.02 Å². The molecule has 5 nitrogen and oxygen atoms in total. The number of hydrogen-bond donors (Lipinski definition) is 0. The van der Waals surface area contributed by atoms with Crippen molar-refractivity contribution in [2.75, 3.05) is 6.54 Å². The monoisotopic (exact) mass is 399 g/mol. The summed E-state index contributed by atoms with van der Waals surface area (Å²) in [5.74, 6) is -0.439. The average Bonchev–Trinajstić information content (AvgIpc) is 3.06. The first kappa shape index (κ1) is 18.7. The average molecular weight is 400 g/mol. The molecule has 28 heavy (non-hydrogen) atoms. The Kier molecular flexibility index (Phi) is 5.15. The highest BCUT2D eigenvalue weighted by Gasteiger charge is 2.28. The molecular formula is C21H19ClFN3O2. The van der Waals surface area contributed by atoms with E-state index in [0.717, 1.165) is 36.3 Å². The number of benzene rings is 2. The Morgan fingerprint density at radius 1 is 1.14 bits per heavy atom. The Balaban J connectivity index is 1.76. The van der Waals surface area contributed by atoms with Crippen molar-refractivity contribution in [2.45, 2.75) is 25.6 Å². The second kappa shape index (κ2) is 7.73. The summed E-state index contributed by atoms with van der Waals surface area (Å²) >= 11 is 5.96. The van der Waals surface area contributed by atoms with E-state index < -0.39 is 5.82 Å². The molecule has 0 aliphatic carbocycles. The number of nitrogens with zero attached hydrogens (tertiary/aromatic N) is 3. The number of halogens is 2. The van der Waals surface area contributed by atoms with Crippen LogP contribution in [0.25, 0.3) is 0 Å². The van der Waals surface area contributed by atoms with Crippen LogP contribution in [-0.2, 0) is 13.1 Å². The largest absolute Gasteiger partial charge is 0.350 e. The van der Waals surface area contributed by atoms with Crippen molar-refractivity contribution in [3.63, 3.8) is 0 Å². The molecule has 1 aromatic heterocycles. The molecule has 0 radical (unpaired) electrons. The summed E-state index contributed by atoms with van der Waals surface area (Å²) in [5, 5.41) is 11.4. The van der Waals surface area contributed by atoms with Crippen LogP contribution < -0.4 is 0 Å². The Bertz CT molecular complexity index is 1020. The van der Waals surface area contributed by atoms with Crippen LogP contribution in [0.4, 0.5) is 10.1 Å². The first-order chi connectivity index (χ1) is 13.5. The predicted octanol–water partition coefficient (Wildman–Crippen LogP) is 5.18. The quantitative estimate of drug-likeness (QED) is 0.448. The zero-order valence-corrected chi connectivity index (χ0v) is 15.8. The topological polar surface area (TPSA) is 51.3 Å². The number of aromatic nitrogens is 1. The van der Waals surface area contributed by atoms with Gasteiger partial charge in [0.2, 0.25) is 0 Å². The fraction of sp³-hybridized carbons (Fsp3) is 0.238. The van der Waals surface area contributed by atoms with Gasteiger partial charge in [-0.2, -0.15) is 0 Å². The maximum atomic E-state index is 13.5. The van der Waals surface area contributed by atoms with Crippen LogP contribution in [0, 0.1) is 15.9 Å². The summed E-state index contributed by atoms with van der Waals surface area (Å²) in [5.41, 5.74) is 2.93. The highest BCUT2D eigenvalue weighted by Crippen LogP contribution is 2.34. The van der Waals surface area contributed by atoms with Crippen molar-refractivity contribution in [3.05, 3.63) is 98.6 Å². The maximum absolute atomic E-state index is 13.5. The number of aryl methyl sites for hydroxylation is 1. The van der Waals surface area contributed by atoms with Crippen molar-refractivity contribution >= 4 is 17.3 Å². The van der Waals surface area contributed by atoms with Crippen molar-refractivity contribution in [1.82, 2.24) is 9.47 Å². The van der Waals surface area contributed by atoms with E-state index in [-0.39, 0.29) is 21.7 Å². The molecule has 1 aliphatic heterocycles. The minimum absolute atomic E-state index is 0.0737. The molecule has 2 aromatic carbocycles. The van der Waals surface area contributed by atoms with E-state index in [2.05, 4.69) is 15.5 Å². The van der Waals surface area contributed by atoms with Gasteiger partial charge in [-0.25, -0.2) is 4.39 Å². The lowest BCUT2D eigenvalue weighted by atomic mass is 10.0. The Morgan fingerprint density at radius 2 is 2.00 bits per heavy atom. The molecule has 7 heteroatoms. The van der Waals surface area contributed by atoms with Gasteiger partial charge in [-0.05, 0) is 41.8 Å². The van der Waals surface area contributed by atoms with E-state index in [1.165, 1.54) is 12.1 Å². The van der Waals surface area contributed by atoms with E-state index in [0.29, 0.717) is 6.54 Å². The van der Waals surface area contributed by atoms with Gasteiger partial charge in [0.1, 0.15) is 5.82 Å². The third kappa shape index (κ3) is 3.66. The fourth-order valence-electron chi connectivity index (χ4n) is 3.87. The third-order valence-corrected chi connectivity index (χ3v) is 5.41. The molecule has 2 heterocycles. The third-order valence-electron chi connectivity index (χ3n) is 5.12. The fourth-order valence-corrected chi connectivity index (χ4v) is 4.08. The number of rotatable bonds is 4. The summed E-state index contributed by atoms with van der Waals surface area (Å²) in [6.45, 7) is 2.26. The second-order valence-electron chi connectivity index (χ2n) is 6.95. The van der Waals surface area contributed by atoms with Crippen LogP contribution in [0.15, 0.2) is 60.8 Å². The van der Waals surface area contributed by atoms with Crippen LogP contribution in [0.1, 0.15) is 29.3 Å². The number of fused-ring (bicyclic) bond motifs is 1. The van der Waals surface area contributed by atoms with Crippen LogP contribution >= 0.6 is 11.6 Å². The summed E-state index contributed by atoms with van der Waals surface area (Å²) in [4.78, 5) is 13.2. The van der Waals surface area contributed by atoms with Gasteiger partial charge >= 0.3 is 0 Å². The lowest BCUT2D eigenvalue weighted by molar-refractivity contribution is -0.384. The van der Waals surface area contributed by atoms with Crippen molar-refractivity contribution in [3.8, 4) is 0 Å². The van der Waals surface area contributed by atoms with Crippen LogP contribution in [0.5, 0.6) is 0 Å². The van der Waals surface area contributed by atoms with E-state index in [1.807, 2.05) is 18.3 Å². The van der Waals surface area contributed by atoms with Gasteiger partial charge in [-0.3, -0.25) is 15.0 Å². The predicted molar refractivity (Wildman–Crippen MR) is 106 cm³/mol. The maximum Gasteiger partial charge on any atom is 0.269 e. The lowest BCUT2D eigenvalue weighted by Crippen LogP contribution is -2.29. The van der Waals surface area contributed by atoms with Crippen molar-refractivity contribution in [2.24, 2.45) is 0 Å². The smallest absolute Gasteiger partial charge is 0.269 e. The normalized spacial score (nSPS) is 17.1. The van der Waals surface area contributed by atoms with Gasteiger partial charge in [-0.1, -0.05) is 29.8 Å². The SMILES string of the molecule is O=[N+]([O-])c1cccc(C2c3cccn3CCCN2Cc2ccc(F)c(Cl)c2)c1. The zero-order valence-electron chi connectivity index (χ0n) is 15.1. The molecule has 1 unspecified atom stereocenters. The van der Waals surface area contributed by atoms with Crippen LogP contribution in [-0.4, -0.2) is 20.9 Å². The van der Waals surface area contributed by atoms with E-state index in [4.69, 9.17) is 11.6 Å². The van der Waals surface area contributed by atoms with Gasteiger partial charge in [0, 0.05) is 43.7 Å². The molecule has 0 spiro atoms. The minimum Gasteiger partial charge on any atom is -0.350 e. The molecule has 144 valence electrons. The Labute approximate surface area is 167 Å². The Hall–Kier alpha value is -2.70. The zero-order chi connectivity index (χ0) is 19.7. The van der Waals surface area contributed by atoms with Gasteiger partial charge < -0.3 is 4.57 Å². The van der Waals surface area contributed by atoms with Gasteiger partial charge in [0.15, 0.2) is 0 Å². The summed E-state index contributed by atoms with van der Waals surface area (Å²) in [7, 11) is 0. The number of non-ortho nitro benzene ring substituents is 1. The molecule has 3 aromatic rings. The van der Waals surface area contributed by atoms with E-state index in [1.54, 1.807) is 24.3 Å². The summed E-state index contributed by atoms with van der Waals surface area (Å²) in [6.07, 6.45) is 2.99. The molecule has 0 bridgehead atoms. The van der Waals surface area contributed by atoms with Crippen molar-refractivity contribution < 1.29 is 9.31 Å². The first-order valence-electron chi connectivity index (χ1n) is 9.10. The molecule has 0 N–H and O–H groups in total. The lowest BCUT2D eigenvalue weighted by Gasteiger charge is -2.30. The van der Waals surface area contributed by atoms with Gasteiger partial charge in [0.25, 0.3) is 5.69 Å². The van der Waals surface area contributed by atoms with Gasteiger partial charge in [-0.15, -0.1) is 0 Å². The van der Waals surface area contributed by atoms with E-state index in [9.17, 15) is 14.5 Å². The summed E-state index contributed by atoms with van der Waals surface area (Å²) in [6, 6.07) is 15.4. The first-order valence-corrected chi connectivity index (χ1v) is 9.48. The standard InChI is InChI=1S/C21H19ClFN3O2/c22-18-12-15(7-8-19(18)23)14-25-11-3-10-24-9-2-6-20(24)21(25)16-4-1-5-17(13-16)26(27)28/h1-2,4-9,12-13,21H,3,10-11,14H2. The molecule has 0 saturated carbocycles. The number of nitro benzene ring substituents is 1. The molecule has 1 aliphatic rings. The summed E-state index contributed by atoms with van der Waals surface area (Å²) < 4.78 is 15.7. The number of hydrogen-bond acceptors (Lipinski definition) is 3. The Morgan fingerprint density at radius 3 is 2.79 bits per heavy atom. The van der Waals surface area contributed by atoms with Crippen LogP contribution in [0.3, 0.4) is 0 Å². The highest BCUT2D eigenvalue weighted by atomic mass is 35.5.